The van der Waals surface area contributed by atoms with Crippen LogP contribution in [0.4, 0.5) is 4.39 Å². The summed E-state index contributed by atoms with van der Waals surface area (Å²) in [5.41, 5.74) is 0.835. The van der Waals surface area contributed by atoms with Gasteiger partial charge in [-0.3, -0.25) is 4.79 Å². The minimum Gasteiger partial charge on any atom is -0.492 e. The second kappa shape index (κ2) is 8.01. The van der Waals surface area contributed by atoms with Gasteiger partial charge < -0.3 is 10.6 Å². The number of carbonyl (C=O) groups excluding carboxylic acids is 1. The Hall–Kier alpha value is -2.87. The van der Waals surface area contributed by atoms with Gasteiger partial charge in [0.15, 0.2) is 11.6 Å². The first-order valence-corrected chi connectivity index (χ1v) is 8.87. The highest BCUT2D eigenvalue weighted by molar-refractivity contribution is 7.99. The van der Waals surface area contributed by atoms with E-state index >= 15 is 0 Å². The molecule has 26 heavy (non-hydrogen) atoms. The molecule has 134 valence electrons. The molecule has 0 amide bonds. The molecule has 3 aromatic rings. The molecular weight excluding hydrogens is 355 g/mol. The maximum atomic E-state index is 13.9. The van der Waals surface area contributed by atoms with Crippen molar-refractivity contribution in [1.82, 2.24) is 14.9 Å². The Labute approximate surface area is 154 Å². The van der Waals surface area contributed by atoms with Crippen LogP contribution in [0.2, 0.25) is 0 Å². The highest BCUT2D eigenvalue weighted by Gasteiger charge is 2.15. The molecule has 3 rings (SSSR count). The van der Waals surface area contributed by atoms with Crippen LogP contribution >= 0.6 is 11.8 Å². The van der Waals surface area contributed by atoms with E-state index in [1.807, 2.05) is 6.07 Å². The number of hydrogen-bond acceptors (Lipinski definition) is 6. The fraction of sp³-hybridized carbons (Fsp3) is 0.167. The van der Waals surface area contributed by atoms with Crippen LogP contribution in [-0.4, -0.2) is 33.0 Å². The van der Waals surface area contributed by atoms with Crippen molar-refractivity contribution in [2.45, 2.75) is 12.1 Å². The van der Waals surface area contributed by atoms with Crippen LogP contribution in [0.15, 0.2) is 53.7 Å². The Balaban J connectivity index is 1.62. The van der Waals surface area contributed by atoms with Crippen molar-refractivity contribution in [3.8, 4) is 17.1 Å². The van der Waals surface area contributed by atoms with Gasteiger partial charge in [-0.2, -0.15) is 0 Å². The zero-order chi connectivity index (χ0) is 18.5. The second-order valence-corrected chi connectivity index (χ2v) is 6.47. The van der Waals surface area contributed by atoms with E-state index in [1.54, 1.807) is 36.4 Å². The first kappa shape index (κ1) is 17.9. The van der Waals surface area contributed by atoms with Crippen LogP contribution in [0.1, 0.15) is 17.3 Å². The molecule has 0 spiro atoms. The molecule has 1 aromatic heterocycles. The van der Waals surface area contributed by atoms with Crippen molar-refractivity contribution >= 4 is 17.5 Å². The molecule has 0 aliphatic rings. The van der Waals surface area contributed by atoms with E-state index in [2.05, 4.69) is 10.2 Å². The van der Waals surface area contributed by atoms with Crippen molar-refractivity contribution < 1.29 is 13.9 Å². The summed E-state index contributed by atoms with van der Waals surface area (Å²) in [6.07, 6.45) is 0. The maximum absolute atomic E-state index is 13.9. The molecule has 0 saturated heterocycles. The molecule has 0 atom stereocenters. The first-order valence-electron chi connectivity index (χ1n) is 7.89. The molecule has 0 unspecified atom stereocenters. The smallest absolute Gasteiger partial charge is 0.210 e. The number of aromatic nitrogens is 3. The zero-order valence-electron chi connectivity index (χ0n) is 14.1. The van der Waals surface area contributed by atoms with E-state index in [0.717, 1.165) is 0 Å². The van der Waals surface area contributed by atoms with Gasteiger partial charge in [0.2, 0.25) is 5.16 Å². The summed E-state index contributed by atoms with van der Waals surface area (Å²) in [6, 6.07) is 13.3. The number of nitrogen functional groups attached to an aromatic ring is 1. The largest absolute Gasteiger partial charge is 0.492 e. The Morgan fingerprint density at radius 1 is 1.19 bits per heavy atom. The summed E-state index contributed by atoms with van der Waals surface area (Å²) in [7, 11) is 0. The van der Waals surface area contributed by atoms with Crippen molar-refractivity contribution in [2.75, 3.05) is 18.2 Å². The minimum atomic E-state index is -0.410. The van der Waals surface area contributed by atoms with E-state index in [4.69, 9.17) is 10.6 Å². The lowest BCUT2D eigenvalue weighted by Gasteiger charge is -2.09. The van der Waals surface area contributed by atoms with Crippen molar-refractivity contribution in [3.63, 3.8) is 0 Å². The highest BCUT2D eigenvalue weighted by atomic mass is 32.2. The average Bonchev–Trinajstić information content (AvgIpc) is 3.00. The Bertz CT molecular complexity index is 929. The summed E-state index contributed by atoms with van der Waals surface area (Å²) in [5.74, 6) is 6.86. The number of thioether (sulfide) groups is 1. The van der Waals surface area contributed by atoms with E-state index < -0.39 is 5.82 Å². The third-order valence-corrected chi connectivity index (χ3v) is 4.53. The summed E-state index contributed by atoms with van der Waals surface area (Å²) in [4.78, 5) is 11.6. The van der Waals surface area contributed by atoms with Gasteiger partial charge in [0, 0.05) is 5.75 Å². The van der Waals surface area contributed by atoms with Crippen molar-refractivity contribution in [3.05, 3.63) is 59.9 Å². The predicted octanol–water partition coefficient (Wildman–Crippen LogP) is 3.17. The zero-order valence-corrected chi connectivity index (χ0v) is 14.9. The lowest BCUT2D eigenvalue weighted by Crippen LogP contribution is -2.13. The fourth-order valence-corrected chi connectivity index (χ4v) is 3.04. The van der Waals surface area contributed by atoms with Gasteiger partial charge in [-0.05, 0) is 31.2 Å². The number of carbonyl (C=O) groups is 1. The highest BCUT2D eigenvalue weighted by Crippen LogP contribution is 2.24. The summed E-state index contributed by atoms with van der Waals surface area (Å²) in [5, 5.41) is 8.41. The fourth-order valence-electron chi connectivity index (χ4n) is 2.37. The van der Waals surface area contributed by atoms with Gasteiger partial charge >= 0.3 is 0 Å². The molecule has 8 heteroatoms. The summed E-state index contributed by atoms with van der Waals surface area (Å²) >= 11 is 1.33. The van der Waals surface area contributed by atoms with Crippen molar-refractivity contribution in [2.24, 2.45) is 0 Å². The monoisotopic (exact) mass is 372 g/mol. The number of hydrogen-bond donors (Lipinski definition) is 1. The molecule has 0 aliphatic carbocycles. The van der Waals surface area contributed by atoms with E-state index in [1.165, 1.54) is 29.4 Å². The first-order chi connectivity index (χ1) is 12.6. The minimum absolute atomic E-state index is 0.0514. The van der Waals surface area contributed by atoms with Crippen molar-refractivity contribution in [1.29, 1.82) is 0 Å². The Morgan fingerprint density at radius 2 is 1.92 bits per heavy atom. The SMILES string of the molecule is CC(=O)c1ccccc1OCCSc1nnc(-c2ccccc2F)n1N. The van der Waals surface area contributed by atoms with Crippen LogP contribution in [-0.2, 0) is 0 Å². The van der Waals surface area contributed by atoms with E-state index in [0.29, 0.717) is 34.4 Å². The number of nitrogens with two attached hydrogens (primary N) is 1. The van der Waals surface area contributed by atoms with Crippen LogP contribution in [0.25, 0.3) is 11.4 Å². The average molecular weight is 372 g/mol. The molecule has 2 N–H and O–H groups in total. The van der Waals surface area contributed by atoms with Gasteiger partial charge in [0.05, 0.1) is 17.7 Å². The van der Waals surface area contributed by atoms with Gasteiger partial charge in [-0.25, -0.2) is 9.07 Å². The van der Waals surface area contributed by atoms with Gasteiger partial charge in [0.1, 0.15) is 11.6 Å². The number of Topliss-reactive ketones (excluding diaryl/α,β-unsaturated/α-hetero) is 1. The molecular formula is C18H17FN4O2S. The Morgan fingerprint density at radius 3 is 2.69 bits per heavy atom. The Kier molecular flexibility index (Phi) is 5.52. The van der Waals surface area contributed by atoms with Gasteiger partial charge in [-0.15, -0.1) is 10.2 Å². The molecule has 0 bridgehead atoms. The quantitative estimate of drug-likeness (QED) is 0.297. The number of halogens is 1. The molecule has 6 nitrogen and oxygen atoms in total. The van der Waals surface area contributed by atoms with E-state index in [9.17, 15) is 9.18 Å². The topological polar surface area (TPSA) is 83.0 Å². The number of rotatable bonds is 7. The number of nitrogens with zero attached hydrogens (tertiary/aromatic N) is 3. The number of ketones is 1. The van der Waals surface area contributed by atoms with Crippen LogP contribution in [0.3, 0.4) is 0 Å². The normalized spacial score (nSPS) is 10.7. The van der Waals surface area contributed by atoms with Crippen LogP contribution in [0.5, 0.6) is 5.75 Å². The maximum Gasteiger partial charge on any atom is 0.210 e. The van der Waals surface area contributed by atoms with Gasteiger partial charge in [-0.1, -0.05) is 36.0 Å². The molecule has 2 aromatic carbocycles. The molecule has 1 heterocycles. The second-order valence-electron chi connectivity index (χ2n) is 5.41. The third-order valence-electron chi connectivity index (χ3n) is 3.62. The third kappa shape index (κ3) is 3.85. The van der Waals surface area contributed by atoms with Gasteiger partial charge in [0.25, 0.3) is 0 Å². The number of para-hydroxylation sites is 1. The summed E-state index contributed by atoms with van der Waals surface area (Å²) < 4.78 is 20.8. The molecule has 0 saturated carbocycles. The number of benzene rings is 2. The molecule has 0 radical (unpaired) electrons. The van der Waals surface area contributed by atoms with Crippen LogP contribution in [0, 0.1) is 5.82 Å². The lowest BCUT2D eigenvalue weighted by atomic mass is 10.1. The number of ether oxygens (including phenoxy) is 1. The summed E-state index contributed by atoms with van der Waals surface area (Å²) in [6.45, 7) is 1.86. The van der Waals surface area contributed by atoms with Crippen LogP contribution < -0.4 is 10.6 Å². The van der Waals surface area contributed by atoms with E-state index in [-0.39, 0.29) is 11.6 Å². The molecule has 0 fully saturated rings. The standard InChI is InChI=1S/C18H17FN4O2S/c1-12(24)13-6-3-5-9-16(13)25-10-11-26-18-22-21-17(23(18)20)14-7-2-4-8-15(14)19/h2-9H,10-11,20H2,1H3. The lowest BCUT2D eigenvalue weighted by molar-refractivity contribution is 0.101. The predicted molar refractivity (Wildman–Crippen MR) is 98.2 cm³/mol. The molecule has 0 aliphatic heterocycles.